The predicted molar refractivity (Wildman–Crippen MR) is 85.6 cm³/mol. The van der Waals surface area contributed by atoms with Crippen molar-refractivity contribution >= 4 is 0 Å². The van der Waals surface area contributed by atoms with Gasteiger partial charge < -0.3 is 5.11 Å². The second-order valence-corrected chi connectivity index (χ2v) is 8.50. The Morgan fingerprint density at radius 1 is 1.05 bits per heavy atom. The Bertz CT molecular complexity index is 510. The third-order valence-corrected chi connectivity index (χ3v) is 7.72. The summed E-state index contributed by atoms with van der Waals surface area (Å²) in [4.78, 5) is 0. The molecule has 0 radical (unpaired) electrons. The van der Waals surface area contributed by atoms with E-state index in [4.69, 9.17) is 6.42 Å². The lowest BCUT2D eigenvalue weighted by atomic mass is 9.51. The van der Waals surface area contributed by atoms with E-state index in [9.17, 15) is 5.11 Å². The molecule has 0 aliphatic heterocycles. The van der Waals surface area contributed by atoms with Crippen molar-refractivity contribution in [1.29, 1.82) is 0 Å². The molecule has 21 heavy (non-hydrogen) atoms. The first-order chi connectivity index (χ1) is 10.1. The molecule has 0 heterocycles. The van der Waals surface area contributed by atoms with E-state index >= 15 is 0 Å². The van der Waals surface area contributed by atoms with Gasteiger partial charge in [0.1, 0.15) is 5.76 Å². The lowest BCUT2D eigenvalue weighted by Gasteiger charge is -2.54. The van der Waals surface area contributed by atoms with Crippen LogP contribution in [-0.2, 0) is 0 Å². The molecule has 1 heteroatoms. The van der Waals surface area contributed by atoms with Crippen LogP contribution in [0.3, 0.4) is 0 Å². The van der Waals surface area contributed by atoms with Crippen LogP contribution in [0, 0.1) is 47.3 Å². The van der Waals surface area contributed by atoms with Gasteiger partial charge in [-0.05, 0) is 80.0 Å². The van der Waals surface area contributed by atoms with Gasteiger partial charge in [-0.25, -0.2) is 0 Å². The molecule has 1 nitrogen and oxygen atoms in total. The summed E-state index contributed by atoms with van der Waals surface area (Å²) in [5, 5.41) is 10.1. The van der Waals surface area contributed by atoms with E-state index < -0.39 is 0 Å². The predicted octanol–water partition coefficient (Wildman–Crippen LogP) is 5.08. The average molecular weight is 284 g/mol. The second-order valence-electron chi connectivity index (χ2n) is 8.50. The summed E-state index contributed by atoms with van der Waals surface area (Å²) in [5.74, 6) is 7.57. The Hall–Kier alpha value is -0.900. The average Bonchev–Trinajstić information content (AvgIpc) is 2.88. The molecule has 114 valence electrons. The van der Waals surface area contributed by atoms with Crippen LogP contribution in [0.25, 0.3) is 0 Å². The molecule has 4 aliphatic rings. The topological polar surface area (TPSA) is 20.2 Å². The Morgan fingerprint density at radius 3 is 2.71 bits per heavy atom. The van der Waals surface area contributed by atoms with Gasteiger partial charge >= 0.3 is 0 Å². The maximum absolute atomic E-state index is 10.1. The summed E-state index contributed by atoms with van der Waals surface area (Å²) in [6, 6.07) is 0. The van der Waals surface area contributed by atoms with Gasteiger partial charge in [0, 0.05) is 12.0 Å². The third-order valence-electron chi connectivity index (χ3n) is 7.72. The Morgan fingerprint density at radius 2 is 1.90 bits per heavy atom. The maximum atomic E-state index is 10.1. The molecule has 4 rings (SSSR count). The second kappa shape index (κ2) is 4.80. The maximum Gasteiger partial charge on any atom is 0.104 e. The van der Waals surface area contributed by atoms with E-state index in [1.165, 1.54) is 44.9 Å². The molecule has 6 atom stereocenters. The van der Waals surface area contributed by atoms with Crippen molar-refractivity contribution in [2.45, 2.75) is 64.7 Å². The minimum atomic E-state index is 0.527. The van der Waals surface area contributed by atoms with Gasteiger partial charge in [0.15, 0.2) is 0 Å². The minimum absolute atomic E-state index is 0.527. The summed E-state index contributed by atoms with van der Waals surface area (Å²) in [6.45, 7) is 2.56. The fourth-order valence-corrected chi connectivity index (χ4v) is 6.67. The van der Waals surface area contributed by atoms with Crippen molar-refractivity contribution < 1.29 is 5.11 Å². The quantitative estimate of drug-likeness (QED) is 0.615. The molecule has 0 saturated heterocycles. The summed E-state index contributed by atoms with van der Waals surface area (Å²) in [5.41, 5.74) is 1.56. The largest absolute Gasteiger partial charge is 0.511 e. The molecule has 0 bridgehead atoms. The van der Waals surface area contributed by atoms with E-state index in [0.717, 1.165) is 42.1 Å². The fraction of sp³-hybridized carbons (Fsp3) is 0.800. The summed E-state index contributed by atoms with van der Waals surface area (Å²) in [6.07, 6.45) is 17.4. The van der Waals surface area contributed by atoms with Crippen LogP contribution in [0.1, 0.15) is 64.7 Å². The van der Waals surface area contributed by atoms with Crippen molar-refractivity contribution in [3.05, 3.63) is 11.3 Å². The highest BCUT2D eigenvalue weighted by Crippen LogP contribution is 2.62. The number of hydrogen-bond acceptors (Lipinski definition) is 1. The van der Waals surface area contributed by atoms with Crippen LogP contribution in [0.15, 0.2) is 11.3 Å². The van der Waals surface area contributed by atoms with Gasteiger partial charge in [-0.2, -0.15) is 0 Å². The van der Waals surface area contributed by atoms with Crippen LogP contribution in [-0.4, -0.2) is 5.11 Å². The normalized spacial score (nSPS) is 49.0. The van der Waals surface area contributed by atoms with Crippen LogP contribution in [0.5, 0.6) is 0 Å². The number of rotatable bonds is 0. The molecule has 0 spiro atoms. The Labute approximate surface area is 129 Å². The molecular formula is C20H28O. The van der Waals surface area contributed by atoms with Crippen molar-refractivity contribution in [3.8, 4) is 12.3 Å². The van der Waals surface area contributed by atoms with Gasteiger partial charge in [-0.15, -0.1) is 6.42 Å². The van der Waals surface area contributed by atoms with Crippen LogP contribution in [0.4, 0.5) is 0 Å². The number of fused-ring (bicyclic) bond motifs is 5. The van der Waals surface area contributed by atoms with Crippen molar-refractivity contribution in [2.75, 3.05) is 0 Å². The van der Waals surface area contributed by atoms with Gasteiger partial charge in [0.25, 0.3) is 0 Å². The highest BCUT2D eigenvalue weighted by atomic mass is 16.3. The number of hydrogen-bond donors (Lipinski definition) is 1. The number of aliphatic hydroxyl groups is 1. The highest BCUT2D eigenvalue weighted by Gasteiger charge is 2.53. The highest BCUT2D eigenvalue weighted by molar-refractivity contribution is 5.31. The zero-order chi connectivity index (χ0) is 14.6. The fourth-order valence-electron chi connectivity index (χ4n) is 6.67. The molecule has 0 aromatic rings. The van der Waals surface area contributed by atoms with Gasteiger partial charge in [0.2, 0.25) is 0 Å². The summed E-state index contributed by atoms with van der Waals surface area (Å²) < 4.78 is 0. The van der Waals surface area contributed by atoms with Gasteiger partial charge in [-0.1, -0.05) is 19.3 Å². The van der Waals surface area contributed by atoms with E-state index in [-0.39, 0.29) is 0 Å². The molecule has 1 N–H and O–H groups in total. The van der Waals surface area contributed by atoms with Crippen molar-refractivity contribution in [2.24, 2.45) is 35.0 Å². The zero-order valence-electron chi connectivity index (χ0n) is 13.3. The van der Waals surface area contributed by atoms with Crippen LogP contribution >= 0.6 is 0 Å². The van der Waals surface area contributed by atoms with E-state index in [1.807, 2.05) is 0 Å². The lowest BCUT2D eigenvalue weighted by Crippen LogP contribution is -2.46. The van der Waals surface area contributed by atoms with Gasteiger partial charge in [-0.3, -0.25) is 0 Å². The molecule has 3 saturated carbocycles. The SMILES string of the molecule is C#CC1=C(O)CC2CC[C@@H]3[C@H](CC[C@]4(C)CCC[C@@H]34)[C@H]2C1. The standard InChI is InChI=1S/C20H28O/c1-3-13-11-17-14(12-19(13)21)6-7-16-15(17)8-10-20(2)9-4-5-18(16)20/h1,14-18,21H,4-12H2,2H3/t14?,15-,16+,17-,18-,20-/m0/s1. The third kappa shape index (κ3) is 1.98. The first-order valence-corrected chi connectivity index (χ1v) is 9.00. The summed E-state index contributed by atoms with van der Waals surface area (Å²) in [7, 11) is 0. The lowest BCUT2D eigenvalue weighted by molar-refractivity contribution is -0.0416. The van der Waals surface area contributed by atoms with Gasteiger partial charge in [0.05, 0.1) is 0 Å². The molecule has 3 fully saturated rings. The smallest absolute Gasteiger partial charge is 0.104 e. The molecular weight excluding hydrogens is 256 g/mol. The van der Waals surface area contributed by atoms with Crippen LogP contribution in [0.2, 0.25) is 0 Å². The minimum Gasteiger partial charge on any atom is -0.511 e. The van der Waals surface area contributed by atoms with Crippen molar-refractivity contribution in [3.63, 3.8) is 0 Å². The number of terminal acetylenes is 1. The Kier molecular flexibility index (Phi) is 3.14. The summed E-state index contributed by atoms with van der Waals surface area (Å²) >= 11 is 0. The number of aliphatic hydroxyl groups excluding tert-OH is 1. The monoisotopic (exact) mass is 284 g/mol. The van der Waals surface area contributed by atoms with Crippen LogP contribution < -0.4 is 0 Å². The zero-order valence-corrected chi connectivity index (χ0v) is 13.3. The first kappa shape index (κ1) is 13.7. The molecule has 4 aliphatic carbocycles. The number of allylic oxidation sites excluding steroid dienone is 2. The first-order valence-electron chi connectivity index (χ1n) is 9.00. The Balaban J connectivity index is 1.61. The van der Waals surface area contributed by atoms with Crippen molar-refractivity contribution in [1.82, 2.24) is 0 Å². The molecule has 0 aromatic carbocycles. The van der Waals surface area contributed by atoms with E-state index in [2.05, 4.69) is 12.8 Å². The molecule has 1 unspecified atom stereocenters. The van der Waals surface area contributed by atoms with E-state index in [0.29, 0.717) is 17.1 Å². The molecule has 0 aromatic heterocycles. The van der Waals surface area contributed by atoms with E-state index in [1.54, 1.807) is 0 Å². The molecule has 0 amide bonds.